The molecular weight excluding hydrogens is 208 g/mol. The van der Waals surface area contributed by atoms with Crippen molar-refractivity contribution in [3.05, 3.63) is 35.4 Å². The van der Waals surface area contributed by atoms with Gasteiger partial charge < -0.3 is 4.74 Å². The molecule has 0 fully saturated rings. The smallest absolute Gasteiger partial charge is 0.310 e. The third-order valence-electron chi connectivity index (χ3n) is 2.15. The number of carbonyl (C=O) groups is 1. The Morgan fingerprint density at radius 2 is 2.13 bits per heavy atom. The lowest BCUT2D eigenvalue weighted by Crippen LogP contribution is -2.10. The van der Waals surface area contributed by atoms with Gasteiger partial charge in [0.15, 0.2) is 0 Å². The predicted octanol–water partition coefficient (Wildman–Crippen LogP) is 2.44. The second kappa shape index (κ2) is 6.51. The minimum atomic E-state index is -0.140. The molecule has 0 aliphatic carbocycles. The molecule has 2 nitrogen and oxygen atoms in total. The third-order valence-corrected chi connectivity index (χ3v) is 2.72. The molecule has 0 spiro atoms. The van der Waals surface area contributed by atoms with E-state index >= 15 is 0 Å². The SMILES string of the molecule is CSCCOC(=O)Cc1ccccc1C. The van der Waals surface area contributed by atoms with Gasteiger partial charge in [-0.3, -0.25) is 4.79 Å². The van der Waals surface area contributed by atoms with E-state index in [-0.39, 0.29) is 5.97 Å². The first kappa shape index (κ1) is 12.1. The molecule has 0 aromatic heterocycles. The van der Waals surface area contributed by atoms with Gasteiger partial charge in [-0.2, -0.15) is 11.8 Å². The lowest BCUT2D eigenvalue weighted by atomic mass is 10.1. The van der Waals surface area contributed by atoms with Gasteiger partial charge in [-0.1, -0.05) is 24.3 Å². The van der Waals surface area contributed by atoms with Crippen LogP contribution >= 0.6 is 11.8 Å². The topological polar surface area (TPSA) is 26.3 Å². The van der Waals surface area contributed by atoms with Crippen molar-refractivity contribution in [2.75, 3.05) is 18.6 Å². The van der Waals surface area contributed by atoms with Crippen molar-refractivity contribution in [1.82, 2.24) is 0 Å². The zero-order valence-corrected chi connectivity index (χ0v) is 9.97. The van der Waals surface area contributed by atoms with Crippen LogP contribution in [0.3, 0.4) is 0 Å². The lowest BCUT2D eigenvalue weighted by Gasteiger charge is -2.05. The number of thioether (sulfide) groups is 1. The minimum absolute atomic E-state index is 0.140. The molecule has 82 valence electrons. The van der Waals surface area contributed by atoms with Gasteiger partial charge >= 0.3 is 5.97 Å². The Kier molecular flexibility index (Phi) is 5.26. The Balaban J connectivity index is 2.41. The summed E-state index contributed by atoms with van der Waals surface area (Å²) in [6.45, 7) is 2.51. The Bertz CT molecular complexity index is 323. The van der Waals surface area contributed by atoms with Crippen LogP contribution in [0.1, 0.15) is 11.1 Å². The van der Waals surface area contributed by atoms with Crippen LogP contribution < -0.4 is 0 Å². The predicted molar refractivity (Wildman–Crippen MR) is 64.2 cm³/mol. The van der Waals surface area contributed by atoms with Crippen molar-refractivity contribution in [2.45, 2.75) is 13.3 Å². The molecule has 3 heteroatoms. The summed E-state index contributed by atoms with van der Waals surface area (Å²) in [6.07, 6.45) is 2.37. The van der Waals surface area contributed by atoms with E-state index in [0.29, 0.717) is 13.0 Å². The molecule has 15 heavy (non-hydrogen) atoms. The van der Waals surface area contributed by atoms with E-state index in [0.717, 1.165) is 16.9 Å². The van der Waals surface area contributed by atoms with Gasteiger partial charge in [0, 0.05) is 5.75 Å². The summed E-state index contributed by atoms with van der Waals surface area (Å²) in [5.41, 5.74) is 2.19. The van der Waals surface area contributed by atoms with Crippen molar-refractivity contribution in [3.63, 3.8) is 0 Å². The highest BCUT2D eigenvalue weighted by atomic mass is 32.2. The van der Waals surface area contributed by atoms with Crippen molar-refractivity contribution >= 4 is 17.7 Å². The largest absolute Gasteiger partial charge is 0.465 e. The zero-order chi connectivity index (χ0) is 11.1. The Morgan fingerprint density at radius 3 is 2.80 bits per heavy atom. The first-order valence-electron chi connectivity index (χ1n) is 4.93. The molecule has 0 N–H and O–H groups in total. The highest BCUT2D eigenvalue weighted by Gasteiger charge is 2.05. The average Bonchev–Trinajstić information content (AvgIpc) is 2.22. The van der Waals surface area contributed by atoms with Crippen molar-refractivity contribution in [1.29, 1.82) is 0 Å². The van der Waals surface area contributed by atoms with Crippen LogP contribution in [0.4, 0.5) is 0 Å². The van der Waals surface area contributed by atoms with E-state index in [2.05, 4.69) is 0 Å². The zero-order valence-electron chi connectivity index (χ0n) is 9.16. The Morgan fingerprint density at radius 1 is 1.40 bits per heavy atom. The molecule has 0 atom stereocenters. The quantitative estimate of drug-likeness (QED) is 0.567. The molecule has 0 amide bonds. The van der Waals surface area contributed by atoms with Crippen LogP contribution in [-0.2, 0) is 16.0 Å². The van der Waals surface area contributed by atoms with Gasteiger partial charge in [0.1, 0.15) is 6.61 Å². The lowest BCUT2D eigenvalue weighted by molar-refractivity contribution is -0.142. The Hall–Kier alpha value is -0.960. The van der Waals surface area contributed by atoms with Gasteiger partial charge in [-0.15, -0.1) is 0 Å². The second-order valence-corrected chi connectivity index (χ2v) is 4.30. The average molecular weight is 224 g/mol. The van der Waals surface area contributed by atoms with Crippen LogP contribution in [-0.4, -0.2) is 24.6 Å². The van der Waals surface area contributed by atoms with Gasteiger partial charge in [0.25, 0.3) is 0 Å². The molecule has 1 aromatic carbocycles. The molecule has 0 saturated heterocycles. The van der Waals surface area contributed by atoms with Gasteiger partial charge in [0.05, 0.1) is 6.42 Å². The summed E-state index contributed by atoms with van der Waals surface area (Å²) >= 11 is 1.68. The van der Waals surface area contributed by atoms with Crippen LogP contribution in [0.15, 0.2) is 24.3 Å². The van der Waals surface area contributed by atoms with E-state index in [1.165, 1.54) is 0 Å². The fourth-order valence-corrected chi connectivity index (χ4v) is 1.50. The fraction of sp³-hybridized carbons (Fsp3) is 0.417. The maximum absolute atomic E-state index is 11.4. The molecular formula is C12H16O2S. The molecule has 0 heterocycles. The monoisotopic (exact) mass is 224 g/mol. The first-order chi connectivity index (χ1) is 7.24. The minimum Gasteiger partial charge on any atom is -0.465 e. The van der Waals surface area contributed by atoms with Crippen LogP contribution in [0, 0.1) is 6.92 Å². The highest BCUT2D eigenvalue weighted by Crippen LogP contribution is 2.08. The highest BCUT2D eigenvalue weighted by molar-refractivity contribution is 7.98. The van der Waals surface area contributed by atoms with Gasteiger partial charge in [-0.25, -0.2) is 0 Å². The van der Waals surface area contributed by atoms with Crippen molar-refractivity contribution in [3.8, 4) is 0 Å². The van der Waals surface area contributed by atoms with Gasteiger partial charge in [-0.05, 0) is 24.3 Å². The van der Waals surface area contributed by atoms with Crippen molar-refractivity contribution in [2.24, 2.45) is 0 Å². The summed E-state index contributed by atoms with van der Waals surface area (Å²) in [5, 5.41) is 0. The maximum Gasteiger partial charge on any atom is 0.310 e. The number of aryl methyl sites for hydroxylation is 1. The molecule has 1 aromatic rings. The Labute approximate surface area is 95.0 Å². The van der Waals surface area contributed by atoms with E-state index in [1.54, 1.807) is 11.8 Å². The molecule has 0 unspecified atom stereocenters. The van der Waals surface area contributed by atoms with Crippen LogP contribution in [0.5, 0.6) is 0 Å². The molecule has 0 bridgehead atoms. The molecule has 0 aliphatic rings. The first-order valence-corrected chi connectivity index (χ1v) is 6.32. The number of carbonyl (C=O) groups excluding carboxylic acids is 1. The summed E-state index contributed by atoms with van der Waals surface area (Å²) in [4.78, 5) is 11.4. The van der Waals surface area contributed by atoms with Crippen LogP contribution in [0.25, 0.3) is 0 Å². The van der Waals surface area contributed by atoms with Crippen LogP contribution in [0.2, 0.25) is 0 Å². The van der Waals surface area contributed by atoms with E-state index in [1.807, 2.05) is 37.4 Å². The maximum atomic E-state index is 11.4. The number of rotatable bonds is 5. The summed E-state index contributed by atoms with van der Waals surface area (Å²) < 4.78 is 5.08. The normalized spacial score (nSPS) is 10.0. The molecule has 0 radical (unpaired) electrons. The van der Waals surface area contributed by atoms with Crippen molar-refractivity contribution < 1.29 is 9.53 Å². The van der Waals surface area contributed by atoms with Gasteiger partial charge in [0.2, 0.25) is 0 Å². The molecule has 1 rings (SSSR count). The molecule has 0 saturated carbocycles. The second-order valence-electron chi connectivity index (χ2n) is 3.32. The summed E-state index contributed by atoms with van der Waals surface area (Å²) in [7, 11) is 0. The summed E-state index contributed by atoms with van der Waals surface area (Å²) in [5.74, 6) is 0.720. The van der Waals surface area contributed by atoms with E-state index < -0.39 is 0 Å². The standard InChI is InChI=1S/C12H16O2S/c1-10-5-3-4-6-11(10)9-12(13)14-7-8-15-2/h3-6H,7-9H2,1-2H3. The number of esters is 1. The third kappa shape index (κ3) is 4.38. The number of ether oxygens (including phenoxy) is 1. The number of hydrogen-bond donors (Lipinski definition) is 0. The van der Waals surface area contributed by atoms with E-state index in [4.69, 9.17) is 4.74 Å². The number of hydrogen-bond acceptors (Lipinski definition) is 3. The fourth-order valence-electron chi connectivity index (χ4n) is 1.25. The van der Waals surface area contributed by atoms with E-state index in [9.17, 15) is 4.79 Å². The molecule has 0 aliphatic heterocycles. The number of benzene rings is 1. The summed E-state index contributed by atoms with van der Waals surface area (Å²) in [6, 6.07) is 7.88.